The molecule has 0 aliphatic heterocycles. The lowest BCUT2D eigenvalue weighted by atomic mass is 10.0. The van der Waals surface area contributed by atoms with Gasteiger partial charge in [0.1, 0.15) is 0 Å². The second kappa shape index (κ2) is 8.56. The monoisotopic (exact) mass is 317 g/mol. The Hall–Kier alpha value is -2.04. The van der Waals surface area contributed by atoms with Crippen LogP contribution in [0.3, 0.4) is 0 Å². The van der Waals surface area contributed by atoms with Crippen LogP contribution in [0, 0.1) is 6.92 Å². The van der Waals surface area contributed by atoms with E-state index in [0.717, 1.165) is 24.0 Å². The lowest BCUT2D eigenvalue weighted by Gasteiger charge is -2.21. The maximum Gasteiger partial charge on any atom is 0.312 e. The van der Waals surface area contributed by atoms with Gasteiger partial charge in [0.15, 0.2) is 0 Å². The fraction of sp³-hybridized carbons (Fsp3) is 0.556. The number of amides is 3. The summed E-state index contributed by atoms with van der Waals surface area (Å²) in [6, 6.07) is 7.04. The number of nitrogens with one attached hydrogen (secondary N) is 2. The van der Waals surface area contributed by atoms with Gasteiger partial charge in [-0.15, -0.1) is 0 Å². The van der Waals surface area contributed by atoms with Gasteiger partial charge in [0.2, 0.25) is 5.91 Å². The molecule has 0 saturated heterocycles. The van der Waals surface area contributed by atoms with Crippen LogP contribution in [0.25, 0.3) is 0 Å². The number of carbonyl (C=O) groups excluding carboxylic acids is 2. The number of carbonyl (C=O) groups is 2. The number of nitrogens with two attached hydrogens (primary N) is 1. The van der Waals surface area contributed by atoms with Crippen molar-refractivity contribution in [3.8, 4) is 0 Å². The number of benzene rings is 1. The highest BCUT2D eigenvalue weighted by Gasteiger charge is 2.20. The minimum atomic E-state index is -0.612. The van der Waals surface area contributed by atoms with Gasteiger partial charge in [0.05, 0.1) is 12.5 Å². The van der Waals surface area contributed by atoms with Crippen LogP contribution in [0.5, 0.6) is 0 Å². The standard InChI is InChI=1S/C18H27N3O2/c1-13-7-6-8-14(11-13)16(21-18(19)23)12-17(22)20-15-9-4-2-3-5-10-15/h6-8,11,15-16H,2-5,9-10,12H2,1H3,(H,20,22)(H3,19,21,23). The van der Waals surface area contributed by atoms with E-state index in [-0.39, 0.29) is 18.4 Å². The lowest BCUT2D eigenvalue weighted by Crippen LogP contribution is -2.39. The summed E-state index contributed by atoms with van der Waals surface area (Å²) in [5, 5.41) is 5.80. The number of rotatable bonds is 5. The van der Waals surface area contributed by atoms with Crippen LogP contribution in [0.4, 0.5) is 4.79 Å². The fourth-order valence-corrected chi connectivity index (χ4v) is 3.21. The SMILES string of the molecule is Cc1cccc(C(CC(=O)NC2CCCCCC2)NC(N)=O)c1. The van der Waals surface area contributed by atoms with E-state index in [2.05, 4.69) is 10.6 Å². The van der Waals surface area contributed by atoms with Crippen LogP contribution in [0.15, 0.2) is 24.3 Å². The van der Waals surface area contributed by atoms with Crippen LogP contribution >= 0.6 is 0 Å². The zero-order chi connectivity index (χ0) is 16.7. The number of hydrogen-bond donors (Lipinski definition) is 3. The van der Waals surface area contributed by atoms with Crippen LogP contribution in [0.1, 0.15) is 62.1 Å². The first-order chi connectivity index (χ1) is 11.0. The average molecular weight is 317 g/mol. The van der Waals surface area contributed by atoms with E-state index in [1.54, 1.807) is 0 Å². The molecule has 0 radical (unpaired) electrons. The van der Waals surface area contributed by atoms with Crippen LogP contribution in [-0.2, 0) is 4.79 Å². The van der Waals surface area contributed by atoms with E-state index in [9.17, 15) is 9.59 Å². The molecular weight excluding hydrogens is 290 g/mol. The maximum atomic E-state index is 12.4. The summed E-state index contributed by atoms with van der Waals surface area (Å²) in [4.78, 5) is 23.6. The molecule has 1 unspecified atom stereocenters. The Bertz CT molecular complexity index is 537. The minimum Gasteiger partial charge on any atom is -0.353 e. The Morgan fingerprint density at radius 1 is 1.22 bits per heavy atom. The molecule has 4 N–H and O–H groups in total. The first-order valence-corrected chi connectivity index (χ1v) is 8.46. The van der Waals surface area contributed by atoms with Crippen LogP contribution in [-0.4, -0.2) is 18.0 Å². The largest absolute Gasteiger partial charge is 0.353 e. The molecule has 1 aliphatic rings. The zero-order valence-electron chi connectivity index (χ0n) is 13.8. The van der Waals surface area contributed by atoms with Crippen molar-refractivity contribution in [3.05, 3.63) is 35.4 Å². The molecule has 0 heterocycles. The topological polar surface area (TPSA) is 84.2 Å². The van der Waals surface area contributed by atoms with Crippen molar-refractivity contribution in [3.63, 3.8) is 0 Å². The van der Waals surface area contributed by atoms with Gasteiger partial charge in [-0.1, -0.05) is 55.5 Å². The molecule has 0 spiro atoms. The molecule has 2 rings (SSSR count). The summed E-state index contributed by atoms with van der Waals surface area (Å²) >= 11 is 0. The van der Waals surface area contributed by atoms with Crippen molar-refractivity contribution >= 4 is 11.9 Å². The van der Waals surface area contributed by atoms with Crippen LogP contribution in [0.2, 0.25) is 0 Å². The summed E-state index contributed by atoms with van der Waals surface area (Å²) < 4.78 is 0. The summed E-state index contributed by atoms with van der Waals surface area (Å²) in [6.45, 7) is 1.98. The van der Waals surface area contributed by atoms with Gasteiger partial charge in [-0.2, -0.15) is 0 Å². The van der Waals surface area contributed by atoms with Gasteiger partial charge < -0.3 is 16.4 Å². The second-order valence-corrected chi connectivity index (χ2v) is 6.44. The van der Waals surface area contributed by atoms with Gasteiger partial charge in [-0.05, 0) is 25.3 Å². The molecule has 1 saturated carbocycles. The van der Waals surface area contributed by atoms with Crippen molar-refractivity contribution in [2.24, 2.45) is 5.73 Å². The molecule has 1 aliphatic carbocycles. The quantitative estimate of drug-likeness (QED) is 0.729. The molecule has 5 heteroatoms. The van der Waals surface area contributed by atoms with Gasteiger partial charge in [0.25, 0.3) is 0 Å². The number of aryl methyl sites for hydroxylation is 1. The zero-order valence-corrected chi connectivity index (χ0v) is 13.8. The summed E-state index contributed by atoms with van der Waals surface area (Å²) in [7, 11) is 0. The molecule has 0 aromatic heterocycles. The summed E-state index contributed by atoms with van der Waals surface area (Å²) in [6.07, 6.45) is 7.15. The Labute approximate surface area is 138 Å². The highest BCUT2D eigenvalue weighted by atomic mass is 16.2. The first-order valence-electron chi connectivity index (χ1n) is 8.46. The maximum absolute atomic E-state index is 12.4. The Morgan fingerprint density at radius 2 is 1.91 bits per heavy atom. The molecule has 1 atom stereocenters. The van der Waals surface area contributed by atoms with Crippen molar-refractivity contribution in [2.75, 3.05) is 0 Å². The summed E-state index contributed by atoms with van der Waals surface area (Å²) in [5.41, 5.74) is 7.26. The van der Waals surface area contributed by atoms with Crippen molar-refractivity contribution in [2.45, 2.75) is 64.0 Å². The van der Waals surface area contributed by atoms with E-state index >= 15 is 0 Å². The second-order valence-electron chi connectivity index (χ2n) is 6.44. The Balaban J connectivity index is 1.99. The smallest absolute Gasteiger partial charge is 0.312 e. The van der Waals surface area contributed by atoms with Gasteiger partial charge in [-0.3, -0.25) is 4.79 Å². The van der Waals surface area contributed by atoms with Crippen LogP contribution < -0.4 is 16.4 Å². The fourth-order valence-electron chi connectivity index (χ4n) is 3.21. The normalized spacial score (nSPS) is 17.1. The third kappa shape index (κ3) is 5.93. The lowest BCUT2D eigenvalue weighted by molar-refractivity contribution is -0.122. The van der Waals surface area contributed by atoms with Gasteiger partial charge >= 0.3 is 6.03 Å². The van der Waals surface area contributed by atoms with E-state index in [1.165, 1.54) is 25.7 Å². The van der Waals surface area contributed by atoms with Crippen molar-refractivity contribution in [1.82, 2.24) is 10.6 Å². The highest BCUT2D eigenvalue weighted by molar-refractivity contribution is 5.79. The van der Waals surface area contributed by atoms with E-state index in [1.807, 2.05) is 31.2 Å². The molecular formula is C18H27N3O2. The van der Waals surface area contributed by atoms with E-state index in [4.69, 9.17) is 5.73 Å². The predicted molar refractivity (Wildman–Crippen MR) is 90.9 cm³/mol. The third-order valence-corrected chi connectivity index (χ3v) is 4.37. The van der Waals surface area contributed by atoms with E-state index < -0.39 is 12.1 Å². The molecule has 3 amide bonds. The molecule has 23 heavy (non-hydrogen) atoms. The minimum absolute atomic E-state index is 0.0304. The predicted octanol–water partition coefficient (Wildman–Crippen LogP) is 2.93. The van der Waals surface area contributed by atoms with Crippen molar-refractivity contribution < 1.29 is 9.59 Å². The Kier molecular flexibility index (Phi) is 6.44. The molecule has 126 valence electrons. The molecule has 1 aromatic rings. The van der Waals surface area contributed by atoms with E-state index in [0.29, 0.717) is 0 Å². The Morgan fingerprint density at radius 3 is 2.52 bits per heavy atom. The first kappa shape index (κ1) is 17.3. The molecule has 1 aromatic carbocycles. The number of urea groups is 1. The highest BCUT2D eigenvalue weighted by Crippen LogP contribution is 2.20. The van der Waals surface area contributed by atoms with Crippen molar-refractivity contribution in [1.29, 1.82) is 0 Å². The number of primary amides is 1. The van der Waals surface area contributed by atoms with Gasteiger partial charge in [-0.25, -0.2) is 4.79 Å². The van der Waals surface area contributed by atoms with Gasteiger partial charge in [0, 0.05) is 6.04 Å². The third-order valence-electron chi connectivity index (χ3n) is 4.37. The molecule has 1 fully saturated rings. The number of hydrogen-bond acceptors (Lipinski definition) is 2. The summed E-state index contributed by atoms with van der Waals surface area (Å²) in [5.74, 6) is -0.0304. The average Bonchev–Trinajstić information content (AvgIpc) is 2.74. The molecule has 5 nitrogen and oxygen atoms in total. The molecule has 0 bridgehead atoms.